The first-order chi connectivity index (χ1) is 28.1. The maximum atomic E-state index is 2.99. The number of benzene rings is 4. The first-order valence-electron chi connectivity index (χ1n) is 24.1. The van der Waals surface area contributed by atoms with Crippen LogP contribution in [0.4, 0.5) is 0 Å². The number of hydrogen-bond acceptors (Lipinski definition) is 0. The van der Waals surface area contributed by atoms with Crippen LogP contribution >= 0.6 is 24.8 Å². The van der Waals surface area contributed by atoms with Crippen LogP contribution in [0.15, 0.2) is 96.1 Å². The summed E-state index contributed by atoms with van der Waals surface area (Å²) in [5, 5.41) is 0. The molecular weight excluding hydrogens is 863 g/mol. The van der Waals surface area contributed by atoms with E-state index in [4.69, 9.17) is 0 Å². The Morgan fingerprint density at radius 2 is 0.933 bits per heavy atom. The molecule has 0 spiro atoms. The van der Waals surface area contributed by atoms with E-state index in [1.54, 1.807) is 22.3 Å². The molecule has 2 saturated carbocycles. The second-order valence-electron chi connectivity index (χ2n) is 20.5. The average molecular weight is 939 g/mol. The quantitative estimate of drug-likeness (QED) is 0.111. The van der Waals surface area contributed by atoms with Crippen molar-refractivity contribution in [3.05, 3.63) is 129 Å². The Kier molecular flexibility index (Phi) is 16.0. The molecule has 0 amide bonds. The molecule has 0 nitrogen and oxygen atoms in total. The Labute approximate surface area is 380 Å². The molecule has 60 heavy (non-hydrogen) atoms. The molecule has 4 aromatic rings. The molecule has 0 aliphatic heterocycles. The molecule has 8 rings (SSSR count). The van der Waals surface area contributed by atoms with Crippen LogP contribution in [0.25, 0.3) is 34.4 Å². The zero-order valence-corrected chi connectivity index (χ0v) is 43.5. The number of hydrogen-bond donors (Lipinski definition) is 0. The minimum absolute atomic E-state index is 0. The fourth-order valence-corrected chi connectivity index (χ4v) is 38.7. The van der Waals surface area contributed by atoms with Crippen LogP contribution in [0.5, 0.6) is 0 Å². The van der Waals surface area contributed by atoms with E-state index < -0.39 is 17.4 Å². The Morgan fingerprint density at radius 1 is 0.550 bits per heavy atom. The normalized spacial score (nSPS) is 20.6. The van der Waals surface area contributed by atoms with Crippen molar-refractivity contribution < 1.29 is 17.4 Å². The first-order valence-corrected chi connectivity index (χ1v) is 37.0. The van der Waals surface area contributed by atoms with Crippen molar-refractivity contribution >= 4 is 43.8 Å². The predicted octanol–water partition coefficient (Wildman–Crippen LogP) is 17.5. The van der Waals surface area contributed by atoms with Crippen molar-refractivity contribution in [3.63, 3.8) is 0 Å². The van der Waals surface area contributed by atoms with Crippen molar-refractivity contribution in [1.29, 1.82) is 0 Å². The standard InChI is InChI=1S/2C26H31.C3H7.CH3.2ClH.H2Si.Zr/c2*1-3-19(2)22-12-14-23(15-13-22)25-11-7-10-24-17-21(18-26(24)25)16-20-8-5-4-6-9-20;1-3-2;;;;;/h2*7,10-15,17-20H,3-6,8-9,16H2,1-2H3;1,3H2,2H3;1H3;2*1H;1H2;. The summed E-state index contributed by atoms with van der Waals surface area (Å²) < 4.78 is 5.58. The summed E-state index contributed by atoms with van der Waals surface area (Å²) in [5.74, 6) is 2.86. The Balaban J connectivity index is 0.00000302. The summed E-state index contributed by atoms with van der Waals surface area (Å²) in [6, 6.07) is 34.4. The van der Waals surface area contributed by atoms with Gasteiger partial charge < -0.3 is 0 Å². The number of allylic oxidation sites excluding steroid dienone is 2. The molecule has 0 saturated heterocycles. The Morgan fingerprint density at radius 3 is 1.28 bits per heavy atom. The molecule has 2 fully saturated rings. The monoisotopic (exact) mass is 936 g/mol. The van der Waals surface area contributed by atoms with Crippen LogP contribution in [-0.2, 0) is 17.4 Å². The van der Waals surface area contributed by atoms with Gasteiger partial charge in [-0.25, -0.2) is 0 Å². The van der Waals surface area contributed by atoms with Gasteiger partial charge in [0.25, 0.3) is 0 Å². The van der Waals surface area contributed by atoms with Crippen molar-refractivity contribution in [1.82, 2.24) is 0 Å². The van der Waals surface area contributed by atoms with Gasteiger partial charge in [-0.2, -0.15) is 0 Å². The third kappa shape index (κ3) is 9.31. The van der Waals surface area contributed by atoms with E-state index in [0.717, 1.165) is 11.8 Å². The van der Waals surface area contributed by atoms with Crippen molar-refractivity contribution in [2.75, 3.05) is 0 Å². The maximum absolute atomic E-state index is 3.95. The summed E-state index contributed by atoms with van der Waals surface area (Å²) in [7, 11) is 0. The molecule has 0 heterocycles. The molecule has 0 aromatic heterocycles. The van der Waals surface area contributed by atoms with E-state index in [9.17, 15) is 0 Å². The van der Waals surface area contributed by atoms with Crippen molar-refractivity contribution in [3.8, 4) is 22.3 Å². The van der Waals surface area contributed by atoms with Crippen LogP contribution in [0, 0.1) is 11.8 Å². The van der Waals surface area contributed by atoms with Gasteiger partial charge in [0.1, 0.15) is 0 Å². The fraction of sp³-hybridized carbons (Fsp3) is 0.500. The van der Waals surface area contributed by atoms with E-state index in [2.05, 4.69) is 143 Å². The Bertz CT molecular complexity index is 2050. The van der Waals surface area contributed by atoms with E-state index >= 15 is 0 Å². The molecule has 4 unspecified atom stereocenters. The molecule has 0 N–H and O–H groups in total. The van der Waals surface area contributed by atoms with Crippen molar-refractivity contribution in [2.45, 2.75) is 159 Å². The topological polar surface area (TPSA) is 0 Å². The fourth-order valence-electron chi connectivity index (χ4n) is 12.9. The largest absolute Gasteiger partial charge is 0.147 e. The van der Waals surface area contributed by atoms with Crippen LogP contribution in [0.2, 0.25) is 8.76 Å². The SMILES string of the molecule is CC[CH2][Zr]([CH3])(=[SiH2])([CH]1C(CC2CCCCC2)=Cc2c(-c3ccc(C(C)CC)cc3)cccc21)[CH]1C(CC2CCCCC2)=Cc2c(-c3ccc(C(C)CC)cc3)cccc21.Cl.Cl. The number of halogens is 2. The maximum Gasteiger partial charge on any atom is -0.147 e. The summed E-state index contributed by atoms with van der Waals surface area (Å²) in [5.41, 5.74) is 18.8. The Hall–Kier alpha value is -1.96. The van der Waals surface area contributed by atoms with Crippen LogP contribution in [0.1, 0.15) is 183 Å². The molecule has 0 bridgehead atoms. The molecule has 4 aliphatic carbocycles. The molecule has 4 heteroatoms. The van der Waals surface area contributed by atoms with Crippen LogP contribution < -0.4 is 0 Å². The zero-order valence-electron chi connectivity index (χ0n) is 38.0. The smallest absolute Gasteiger partial charge is 0.147 e. The second kappa shape index (κ2) is 20.3. The van der Waals surface area contributed by atoms with Gasteiger partial charge in [0.05, 0.1) is 0 Å². The van der Waals surface area contributed by atoms with Gasteiger partial charge in [0.2, 0.25) is 0 Å². The minimum atomic E-state index is -3.95. The van der Waals surface area contributed by atoms with Crippen LogP contribution in [0.3, 0.4) is 0 Å². The average Bonchev–Trinajstić information content (AvgIpc) is 3.83. The third-order valence-corrected chi connectivity index (χ3v) is 39.8. The molecule has 4 atom stereocenters. The van der Waals surface area contributed by atoms with E-state index in [-0.39, 0.29) is 24.8 Å². The van der Waals surface area contributed by atoms with Gasteiger partial charge in [0.15, 0.2) is 0 Å². The predicted molar refractivity (Wildman–Crippen MR) is 269 cm³/mol. The van der Waals surface area contributed by atoms with Crippen LogP contribution in [-0.4, -0.2) is 6.88 Å². The van der Waals surface area contributed by atoms with E-state index in [1.807, 2.05) is 11.1 Å². The molecule has 322 valence electrons. The van der Waals surface area contributed by atoms with Gasteiger partial charge in [-0.3, -0.25) is 0 Å². The second-order valence-corrected chi connectivity index (χ2v) is 48.9. The third-order valence-electron chi connectivity index (χ3n) is 16.3. The van der Waals surface area contributed by atoms with Gasteiger partial charge in [-0.15, -0.1) is 24.8 Å². The summed E-state index contributed by atoms with van der Waals surface area (Å²) in [4.78, 5) is 0. The van der Waals surface area contributed by atoms with E-state index in [0.29, 0.717) is 19.1 Å². The minimum Gasteiger partial charge on any atom is -0.147 e. The van der Waals surface area contributed by atoms with Gasteiger partial charge in [0, 0.05) is 0 Å². The van der Waals surface area contributed by atoms with Crippen molar-refractivity contribution in [2.24, 2.45) is 11.8 Å². The molecule has 4 aromatic carbocycles. The summed E-state index contributed by atoms with van der Waals surface area (Å²) >= 11 is -3.95. The van der Waals surface area contributed by atoms with Gasteiger partial charge >= 0.3 is 359 Å². The molecular formula is C56H76Cl2SiZr. The molecule has 0 radical (unpaired) electrons. The molecule has 4 aliphatic rings. The van der Waals surface area contributed by atoms with Gasteiger partial charge in [-0.1, -0.05) is 0 Å². The van der Waals surface area contributed by atoms with E-state index in [1.165, 1.54) is 134 Å². The summed E-state index contributed by atoms with van der Waals surface area (Å²) in [6.07, 6.45) is 26.0. The number of fused-ring (bicyclic) bond motifs is 2. The number of rotatable bonds is 14. The zero-order chi connectivity index (χ0) is 40.5. The van der Waals surface area contributed by atoms with Gasteiger partial charge in [-0.05, 0) is 0 Å². The first kappa shape index (κ1) is 47.5. The summed E-state index contributed by atoms with van der Waals surface area (Å²) in [6.45, 7) is 14.5.